The van der Waals surface area contributed by atoms with Gasteiger partial charge in [0.15, 0.2) is 0 Å². The van der Waals surface area contributed by atoms with Crippen molar-refractivity contribution in [1.82, 2.24) is 19.2 Å². The minimum atomic E-state index is 0.340. The molecule has 3 aromatic rings. The highest BCUT2D eigenvalue weighted by Crippen LogP contribution is 2.45. The molecule has 2 atom stereocenters. The summed E-state index contributed by atoms with van der Waals surface area (Å²) < 4.78 is 13.9. The molecule has 168 valence electrons. The van der Waals surface area contributed by atoms with E-state index in [2.05, 4.69) is 68.0 Å². The van der Waals surface area contributed by atoms with Crippen molar-refractivity contribution >= 4 is 5.65 Å². The molecular weight excluding hydrogens is 400 g/mol. The summed E-state index contributed by atoms with van der Waals surface area (Å²) in [7, 11) is 0. The summed E-state index contributed by atoms with van der Waals surface area (Å²) in [6.45, 7) is 7.90. The molecule has 3 aliphatic heterocycles. The second-order valence-electron chi connectivity index (χ2n) is 9.26. The van der Waals surface area contributed by atoms with Gasteiger partial charge >= 0.3 is 0 Å². The third kappa shape index (κ3) is 3.81. The van der Waals surface area contributed by atoms with E-state index in [0.717, 1.165) is 63.8 Å². The van der Waals surface area contributed by atoms with Gasteiger partial charge in [-0.15, -0.1) is 0 Å². The zero-order valence-corrected chi connectivity index (χ0v) is 18.7. The molecular formula is C26H32N4O2. The molecule has 0 radical (unpaired) electrons. The molecule has 6 heteroatoms. The Labute approximate surface area is 189 Å². The standard InChI is InChI=1S/C26H32N4O2/c1-2-11-30-25(18-27-26(30)6-1)23-19-29-10-3-5-24(29)22-17-20(7-8-21(22)23)32-14-4-9-28-12-15-31-16-13-28/h1-2,6-8,11,17-18,23-24H,3-5,9-10,12-16,19H2/t23-,24+/m1/s1. The number of benzene rings is 1. The number of nitrogens with zero attached hydrogens (tertiary/aromatic N) is 4. The Morgan fingerprint density at radius 3 is 2.94 bits per heavy atom. The van der Waals surface area contributed by atoms with E-state index in [0.29, 0.717) is 12.0 Å². The minimum Gasteiger partial charge on any atom is -0.494 e. The van der Waals surface area contributed by atoms with Crippen LogP contribution in [0.3, 0.4) is 0 Å². The van der Waals surface area contributed by atoms with Crippen molar-refractivity contribution in [3.63, 3.8) is 0 Å². The fourth-order valence-corrected chi connectivity index (χ4v) is 5.74. The van der Waals surface area contributed by atoms with Crippen LogP contribution in [0.5, 0.6) is 5.75 Å². The molecule has 5 heterocycles. The number of rotatable bonds is 6. The predicted molar refractivity (Wildman–Crippen MR) is 124 cm³/mol. The van der Waals surface area contributed by atoms with Crippen LogP contribution < -0.4 is 4.74 Å². The van der Waals surface area contributed by atoms with E-state index in [-0.39, 0.29) is 0 Å². The van der Waals surface area contributed by atoms with Crippen LogP contribution in [0, 0.1) is 0 Å². The number of imidazole rings is 1. The van der Waals surface area contributed by atoms with Crippen LogP contribution in [0.15, 0.2) is 48.8 Å². The summed E-state index contributed by atoms with van der Waals surface area (Å²) in [5.41, 5.74) is 5.20. The predicted octanol–water partition coefficient (Wildman–Crippen LogP) is 3.72. The van der Waals surface area contributed by atoms with Gasteiger partial charge in [0.1, 0.15) is 11.4 Å². The molecule has 0 N–H and O–H groups in total. The maximum atomic E-state index is 6.21. The van der Waals surface area contributed by atoms with Crippen molar-refractivity contribution in [2.45, 2.75) is 31.2 Å². The summed E-state index contributed by atoms with van der Waals surface area (Å²) >= 11 is 0. The largest absolute Gasteiger partial charge is 0.494 e. The van der Waals surface area contributed by atoms with Crippen LogP contribution in [0.25, 0.3) is 5.65 Å². The van der Waals surface area contributed by atoms with Gasteiger partial charge in [0.2, 0.25) is 0 Å². The van der Waals surface area contributed by atoms with Crippen molar-refractivity contribution in [1.29, 1.82) is 0 Å². The SMILES string of the molecule is c1ccn2c([C@@H]3CN4CCC[C@H]4c4cc(OCCCN5CCOCC5)ccc43)cnc2c1. The number of ether oxygens (including phenoxy) is 2. The van der Waals surface area contributed by atoms with Gasteiger partial charge in [0, 0.05) is 50.5 Å². The molecule has 2 saturated heterocycles. The molecule has 6 rings (SSSR count). The third-order valence-corrected chi connectivity index (χ3v) is 7.37. The molecule has 0 unspecified atom stereocenters. The number of hydrogen-bond acceptors (Lipinski definition) is 5. The summed E-state index contributed by atoms with van der Waals surface area (Å²) in [4.78, 5) is 9.80. The number of hydrogen-bond donors (Lipinski definition) is 0. The van der Waals surface area contributed by atoms with E-state index in [9.17, 15) is 0 Å². The van der Waals surface area contributed by atoms with Crippen molar-refractivity contribution in [2.24, 2.45) is 0 Å². The lowest BCUT2D eigenvalue weighted by molar-refractivity contribution is 0.0358. The molecule has 3 aliphatic rings. The fraction of sp³-hybridized carbons (Fsp3) is 0.500. The Hall–Kier alpha value is -2.41. The van der Waals surface area contributed by atoms with Crippen LogP contribution in [-0.4, -0.2) is 71.7 Å². The van der Waals surface area contributed by atoms with Gasteiger partial charge in [-0.1, -0.05) is 12.1 Å². The molecule has 32 heavy (non-hydrogen) atoms. The lowest BCUT2D eigenvalue weighted by atomic mass is 9.83. The molecule has 2 fully saturated rings. The Bertz CT molecular complexity index is 1070. The maximum Gasteiger partial charge on any atom is 0.136 e. The molecule has 0 amide bonds. The van der Waals surface area contributed by atoms with Crippen molar-refractivity contribution in [3.05, 3.63) is 65.6 Å². The average molecular weight is 433 g/mol. The van der Waals surface area contributed by atoms with E-state index in [4.69, 9.17) is 9.47 Å². The van der Waals surface area contributed by atoms with Gasteiger partial charge in [-0.3, -0.25) is 9.80 Å². The van der Waals surface area contributed by atoms with E-state index in [1.807, 2.05) is 0 Å². The van der Waals surface area contributed by atoms with Crippen LogP contribution in [0.1, 0.15) is 48.0 Å². The molecule has 0 aliphatic carbocycles. The Morgan fingerprint density at radius 1 is 1.06 bits per heavy atom. The monoisotopic (exact) mass is 432 g/mol. The Morgan fingerprint density at radius 2 is 2.00 bits per heavy atom. The fourth-order valence-electron chi connectivity index (χ4n) is 5.74. The van der Waals surface area contributed by atoms with Gasteiger partial charge < -0.3 is 13.9 Å². The average Bonchev–Trinajstić information content (AvgIpc) is 3.49. The van der Waals surface area contributed by atoms with Crippen LogP contribution in [0.4, 0.5) is 0 Å². The zero-order chi connectivity index (χ0) is 21.3. The van der Waals surface area contributed by atoms with Gasteiger partial charge in [-0.05, 0) is 61.2 Å². The zero-order valence-electron chi connectivity index (χ0n) is 18.7. The smallest absolute Gasteiger partial charge is 0.136 e. The second-order valence-corrected chi connectivity index (χ2v) is 9.26. The first-order chi connectivity index (χ1) is 15.9. The highest BCUT2D eigenvalue weighted by molar-refractivity contribution is 5.48. The van der Waals surface area contributed by atoms with Crippen molar-refractivity contribution in [2.75, 3.05) is 52.5 Å². The summed E-state index contributed by atoms with van der Waals surface area (Å²) in [5.74, 6) is 1.35. The van der Waals surface area contributed by atoms with Crippen molar-refractivity contribution < 1.29 is 9.47 Å². The molecule has 0 spiro atoms. The quantitative estimate of drug-likeness (QED) is 0.556. The molecule has 6 nitrogen and oxygen atoms in total. The Balaban J connectivity index is 1.22. The van der Waals surface area contributed by atoms with E-state index in [1.54, 1.807) is 0 Å². The molecule has 0 bridgehead atoms. The number of fused-ring (bicyclic) bond motifs is 4. The Kier molecular flexibility index (Phi) is 5.59. The summed E-state index contributed by atoms with van der Waals surface area (Å²) in [6, 6.07) is 13.6. The van der Waals surface area contributed by atoms with Crippen LogP contribution in [-0.2, 0) is 4.74 Å². The first-order valence-electron chi connectivity index (χ1n) is 12.1. The first kappa shape index (κ1) is 20.2. The minimum absolute atomic E-state index is 0.340. The van der Waals surface area contributed by atoms with E-state index in [1.165, 1.54) is 36.2 Å². The van der Waals surface area contributed by atoms with Crippen LogP contribution in [0.2, 0.25) is 0 Å². The van der Waals surface area contributed by atoms with Gasteiger partial charge in [-0.2, -0.15) is 0 Å². The van der Waals surface area contributed by atoms with E-state index < -0.39 is 0 Å². The van der Waals surface area contributed by atoms with E-state index >= 15 is 0 Å². The summed E-state index contributed by atoms with van der Waals surface area (Å²) in [5, 5.41) is 0. The number of pyridine rings is 1. The van der Waals surface area contributed by atoms with Gasteiger partial charge in [-0.25, -0.2) is 4.98 Å². The van der Waals surface area contributed by atoms with Crippen molar-refractivity contribution in [3.8, 4) is 5.75 Å². The lowest BCUT2D eigenvalue weighted by Crippen LogP contribution is -2.37. The normalized spacial score (nSPS) is 23.9. The molecule has 1 aromatic carbocycles. The maximum absolute atomic E-state index is 6.21. The van der Waals surface area contributed by atoms with Crippen LogP contribution >= 0.6 is 0 Å². The lowest BCUT2D eigenvalue weighted by Gasteiger charge is -2.37. The number of morpholine rings is 1. The highest BCUT2D eigenvalue weighted by Gasteiger charge is 2.37. The summed E-state index contributed by atoms with van der Waals surface area (Å²) in [6.07, 6.45) is 7.77. The topological polar surface area (TPSA) is 42.2 Å². The number of aromatic nitrogens is 2. The van der Waals surface area contributed by atoms with Gasteiger partial charge in [0.25, 0.3) is 0 Å². The second kappa shape index (κ2) is 8.85. The molecule has 0 saturated carbocycles. The molecule has 2 aromatic heterocycles. The third-order valence-electron chi connectivity index (χ3n) is 7.37. The van der Waals surface area contributed by atoms with Gasteiger partial charge in [0.05, 0.1) is 25.5 Å². The highest BCUT2D eigenvalue weighted by atomic mass is 16.5. The first-order valence-corrected chi connectivity index (χ1v) is 12.1.